The fraction of sp³-hybridized carbons (Fsp3) is 0.0476. The third-order valence-electron chi connectivity index (χ3n) is 4.03. The molecule has 0 aliphatic carbocycles. The molecule has 1 heterocycles. The van der Waals surface area contributed by atoms with E-state index in [2.05, 4.69) is 26.1 Å². The fourth-order valence-corrected chi connectivity index (χ4v) is 3.48. The molecule has 0 fully saturated rings. The lowest BCUT2D eigenvalue weighted by Crippen LogP contribution is -1.95. The Kier molecular flexibility index (Phi) is 5.67. The molecular weight excluding hydrogens is 463 g/mol. The summed E-state index contributed by atoms with van der Waals surface area (Å²) in [7, 11) is 0. The van der Waals surface area contributed by atoms with Gasteiger partial charge in [-0.15, -0.1) is 0 Å². The Morgan fingerprint density at radius 3 is 2.50 bits per heavy atom. The molecule has 0 saturated carbocycles. The number of benzene rings is 3. The Labute approximate surface area is 180 Å². The van der Waals surface area contributed by atoms with Gasteiger partial charge in [0.25, 0.3) is 5.89 Å². The Morgan fingerprint density at radius 1 is 0.964 bits per heavy atom. The van der Waals surface area contributed by atoms with E-state index in [1.807, 2.05) is 48.5 Å². The molecule has 7 heteroatoms. The first-order chi connectivity index (χ1) is 13.6. The average Bonchev–Trinajstić information content (AvgIpc) is 3.17. The van der Waals surface area contributed by atoms with Crippen LogP contribution in [0.25, 0.3) is 22.8 Å². The molecule has 0 saturated heterocycles. The Hall–Kier alpha value is -2.34. The maximum atomic E-state index is 6.21. The summed E-state index contributed by atoms with van der Waals surface area (Å²) >= 11 is 15.6. The molecule has 1 aromatic heterocycles. The van der Waals surface area contributed by atoms with Crippen molar-refractivity contribution in [1.82, 2.24) is 10.1 Å². The molecule has 0 aliphatic heterocycles. The first-order valence-corrected chi connectivity index (χ1v) is 9.91. The second-order valence-electron chi connectivity index (χ2n) is 5.96. The summed E-state index contributed by atoms with van der Waals surface area (Å²) in [6, 6.07) is 20.6. The van der Waals surface area contributed by atoms with E-state index in [1.165, 1.54) is 0 Å². The van der Waals surface area contributed by atoms with Crippen LogP contribution >= 0.6 is 39.1 Å². The van der Waals surface area contributed by atoms with Crippen molar-refractivity contribution in [2.75, 3.05) is 0 Å². The monoisotopic (exact) mass is 474 g/mol. The van der Waals surface area contributed by atoms with Gasteiger partial charge in [-0.25, -0.2) is 0 Å². The van der Waals surface area contributed by atoms with Gasteiger partial charge >= 0.3 is 0 Å². The number of rotatable bonds is 5. The molecule has 4 rings (SSSR count). The van der Waals surface area contributed by atoms with Gasteiger partial charge < -0.3 is 9.26 Å². The minimum Gasteiger partial charge on any atom is -0.488 e. The van der Waals surface area contributed by atoms with Crippen LogP contribution in [0.3, 0.4) is 0 Å². The van der Waals surface area contributed by atoms with Gasteiger partial charge in [-0.2, -0.15) is 4.98 Å². The Balaban J connectivity index is 1.48. The number of para-hydroxylation sites is 1. The lowest BCUT2D eigenvalue weighted by molar-refractivity contribution is 0.304. The summed E-state index contributed by atoms with van der Waals surface area (Å²) in [5, 5.41) is 5.04. The van der Waals surface area contributed by atoms with Crippen LogP contribution in [0.1, 0.15) is 5.56 Å². The highest BCUT2D eigenvalue weighted by Crippen LogP contribution is 2.30. The van der Waals surface area contributed by atoms with Crippen LogP contribution in [-0.4, -0.2) is 10.1 Å². The molecule has 28 heavy (non-hydrogen) atoms. The molecule has 0 amide bonds. The molecule has 3 aromatic carbocycles. The molecule has 4 aromatic rings. The molecule has 0 radical (unpaired) electrons. The van der Waals surface area contributed by atoms with Gasteiger partial charge in [0.05, 0.1) is 9.50 Å². The first-order valence-electron chi connectivity index (χ1n) is 8.36. The Bertz CT molecular complexity index is 1110. The number of hydrogen-bond acceptors (Lipinski definition) is 4. The number of hydrogen-bond donors (Lipinski definition) is 0. The zero-order chi connectivity index (χ0) is 19.5. The smallest absolute Gasteiger partial charge is 0.258 e. The van der Waals surface area contributed by atoms with Crippen molar-refractivity contribution in [3.05, 3.63) is 86.8 Å². The van der Waals surface area contributed by atoms with Crippen molar-refractivity contribution in [3.8, 4) is 28.6 Å². The molecule has 0 unspecified atom stereocenters. The standard InChI is InChI=1S/C21H13BrCl2N2O2/c22-17-3-1-2-4-19(17)27-12-13-5-7-14(8-6-13)21-25-20(26-28-21)16-10-9-15(23)11-18(16)24/h1-11H,12H2. The predicted octanol–water partition coefficient (Wildman–Crippen LogP) is 7.05. The van der Waals surface area contributed by atoms with Gasteiger partial charge in [-0.3, -0.25) is 0 Å². The fourth-order valence-electron chi connectivity index (χ4n) is 2.59. The molecule has 4 nitrogen and oxygen atoms in total. The zero-order valence-electron chi connectivity index (χ0n) is 14.4. The molecular formula is C21H13BrCl2N2O2. The number of ether oxygens (including phenoxy) is 1. The molecule has 0 bridgehead atoms. The van der Waals surface area contributed by atoms with Gasteiger partial charge in [0.2, 0.25) is 5.82 Å². The predicted molar refractivity (Wildman–Crippen MR) is 114 cm³/mol. The van der Waals surface area contributed by atoms with E-state index < -0.39 is 0 Å². The van der Waals surface area contributed by atoms with Crippen molar-refractivity contribution in [2.24, 2.45) is 0 Å². The second kappa shape index (κ2) is 8.35. The number of nitrogens with zero attached hydrogens (tertiary/aromatic N) is 2. The van der Waals surface area contributed by atoms with Crippen molar-refractivity contribution < 1.29 is 9.26 Å². The van der Waals surface area contributed by atoms with E-state index in [9.17, 15) is 0 Å². The minimum absolute atomic E-state index is 0.415. The molecule has 0 atom stereocenters. The van der Waals surface area contributed by atoms with Crippen molar-refractivity contribution in [3.63, 3.8) is 0 Å². The third kappa shape index (κ3) is 4.22. The maximum absolute atomic E-state index is 6.21. The van der Waals surface area contributed by atoms with E-state index in [0.717, 1.165) is 21.3 Å². The van der Waals surface area contributed by atoms with Gasteiger partial charge in [0.15, 0.2) is 0 Å². The Morgan fingerprint density at radius 2 is 1.75 bits per heavy atom. The molecule has 0 aliphatic rings. The van der Waals surface area contributed by atoms with E-state index in [1.54, 1.807) is 18.2 Å². The summed E-state index contributed by atoms with van der Waals surface area (Å²) < 4.78 is 12.1. The van der Waals surface area contributed by atoms with Crippen LogP contribution in [0.5, 0.6) is 5.75 Å². The van der Waals surface area contributed by atoms with E-state index >= 15 is 0 Å². The number of aromatic nitrogens is 2. The zero-order valence-corrected chi connectivity index (χ0v) is 17.5. The summed E-state index contributed by atoms with van der Waals surface area (Å²) in [6.45, 7) is 0.457. The maximum Gasteiger partial charge on any atom is 0.258 e. The van der Waals surface area contributed by atoms with E-state index in [0.29, 0.717) is 33.9 Å². The van der Waals surface area contributed by atoms with Crippen molar-refractivity contribution >= 4 is 39.1 Å². The molecule has 140 valence electrons. The molecule has 0 spiro atoms. The van der Waals surface area contributed by atoms with E-state index in [-0.39, 0.29) is 0 Å². The van der Waals surface area contributed by atoms with Crippen LogP contribution in [0.2, 0.25) is 10.0 Å². The highest BCUT2D eigenvalue weighted by Gasteiger charge is 2.13. The largest absolute Gasteiger partial charge is 0.488 e. The van der Waals surface area contributed by atoms with Crippen LogP contribution in [0.15, 0.2) is 75.7 Å². The van der Waals surface area contributed by atoms with Gasteiger partial charge in [-0.1, -0.05) is 52.6 Å². The summed E-state index contributed by atoms with van der Waals surface area (Å²) in [4.78, 5) is 4.43. The normalized spacial score (nSPS) is 10.8. The summed E-state index contributed by atoms with van der Waals surface area (Å²) in [6.07, 6.45) is 0. The SMILES string of the molecule is Clc1ccc(-c2noc(-c3ccc(COc4ccccc4Br)cc3)n2)c(Cl)c1. The van der Waals surface area contributed by atoms with Crippen LogP contribution in [-0.2, 0) is 6.61 Å². The van der Waals surface area contributed by atoms with Gasteiger partial charge in [-0.05, 0) is 64.0 Å². The quantitative estimate of drug-likeness (QED) is 0.310. The number of halogens is 3. The highest BCUT2D eigenvalue weighted by atomic mass is 79.9. The van der Waals surface area contributed by atoms with Gasteiger partial charge in [0.1, 0.15) is 12.4 Å². The average molecular weight is 476 g/mol. The van der Waals surface area contributed by atoms with Crippen LogP contribution in [0.4, 0.5) is 0 Å². The van der Waals surface area contributed by atoms with Crippen molar-refractivity contribution in [2.45, 2.75) is 6.61 Å². The first kappa shape index (κ1) is 19.0. The highest BCUT2D eigenvalue weighted by molar-refractivity contribution is 9.10. The van der Waals surface area contributed by atoms with E-state index in [4.69, 9.17) is 32.5 Å². The lowest BCUT2D eigenvalue weighted by atomic mass is 10.1. The second-order valence-corrected chi connectivity index (χ2v) is 7.66. The topological polar surface area (TPSA) is 48.2 Å². The lowest BCUT2D eigenvalue weighted by Gasteiger charge is -2.08. The van der Waals surface area contributed by atoms with Crippen LogP contribution < -0.4 is 4.74 Å². The summed E-state index contributed by atoms with van der Waals surface area (Å²) in [5.41, 5.74) is 2.51. The molecule has 0 N–H and O–H groups in total. The van der Waals surface area contributed by atoms with Gasteiger partial charge in [0, 0.05) is 16.1 Å². The van der Waals surface area contributed by atoms with Crippen molar-refractivity contribution in [1.29, 1.82) is 0 Å². The minimum atomic E-state index is 0.415. The van der Waals surface area contributed by atoms with Crippen LogP contribution in [0, 0.1) is 0 Å². The summed E-state index contributed by atoms with van der Waals surface area (Å²) in [5.74, 6) is 1.63. The third-order valence-corrected chi connectivity index (χ3v) is 5.23.